The third-order valence-corrected chi connectivity index (χ3v) is 3.32. The van der Waals surface area contributed by atoms with Crippen molar-refractivity contribution in [1.82, 2.24) is 9.80 Å². The van der Waals surface area contributed by atoms with Crippen LogP contribution >= 0.6 is 0 Å². The van der Waals surface area contributed by atoms with Crippen LogP contribution in [0.5, 0.6) is 0 Å². The van der Waals surface area contributed by atoms with E-state index in [4.69, 9.17) is 10.5 Å². The Bertz CT molecular complexity index is 380. The number of nitrogens with zero attached hydrogens (tertiary/aromatic N) is 2. The minimum absolute atomic E-state index is 0.117. The van der Waals surface area contributed by atoms with Gasteiger partial charge in [0.25, 0.3) is 0 Å². The molecule has 1 aliphatic heterocycles. The molecule has 2 amide bonds. The molecule has 0 saturated carbocycles. The predicted molar refractivity (Wildman–Crippen MR) is 74.4 cm³/mol. The minimum Gasteiger partial charge on any atom is -0.469 e. The van der Waals surface area contributed by atoms with Gasteiger partial charge in [0, 0.05) is 32.6 Å². The molecule has 0 aromatic carbocycles. The maximum Gasteiger partial charge on any atom is 0.409 e. The summed E-state index contributed by atoms with van der Waals surface area (Å²) in [6, 6.07) is -0.724. The van der Waals surface area contributed by atoms with Gasteiger partial charge in [-0.2, -0.15) is 0 Å². The summed E-state index contributed by atoms with van der Waals surface area (Å²) in [4.78, 5) is 37.9. The van der Waals surface area contributed by atoms with Crippen molar-refractivity contribution in [2.45, 2.75) is 25.8 Å². The van der Waals surface area contributed by atoms with Gasteiger partial charge in [0.05, 0.1) is 19.8 Å². The Kier molecular flexibility index (Phi) is 6.93. The average Bonchev–Trinajstić information content (AvgIpc) is 2.51. The van der Waals surface area contributed by atoms with E-state index in [1.54, 1.807) is 16.7 Å². The zero-order valence-electron chi connectivity index (χ0n) is 12.5. The number of carbonyl (C=O) groups excluding carboxylic acids is 3. The Morgan fingerprint density at radius 2 is 1.71 bits per heavy atom. The van der Waals surface area contributed by atoms with E-state index in [1.807, 2.05) is 0 Å². The fraction of sp³-hybridized carbons (Fsp3) is 0.769. The highest BCUT2D eigenvalue weighted by molar-refractivity contribution is 5.82. The Labute approximate surface area is 124 Å². The number of nitrogens with two attached hydrogens (primary N) is 1. The Morgan fingerprint density at radius 3 is 2.24 bits per heavy atom. The normalized spacial score (nSPS) is 16.3. The monoisotopic (exact) mass is 301 g/mol. The number of rotatable bonds is 5. The van der Waals surface area contributed by atoms with Gasteiger partial charge in [0.15, 0.2) is 0 Å². The predicted octanol–water partition coefficient (Wildman–Crippen LogP) is -0.432. The molecule has 0 aromatic rings. The lowest BCUT2D eigenvalue weighted by atomic mass is 10.1. The smallest absolute Gasteiger partial charge is 0.409 e. The maximum absolute atomic E-state index is 12.1. The van der Waals surface area contributed by atoms with Crippen LogP contribution < -0.4 is 5.73 Å². The van der Waals surface area contributed by atoms with E-state index < -0.39 is 6.04 Å². The van der Waals surface area contributed by atoms with E-state index >= 15 is 0 Å². The largest absolute Gasteiger partial charge is 0.469 e. The molecule has 1 unspecified atom stereocenters. The maximum atomic E-state index is 12.1. The second-order valence-electron chi connectivity index (χ2n) is 4.73. The van der Waals surface area contributed by atoms with Crippen LogP contribution in [0.4, 0.5) is 4.79 Å². The van der Waals surface area contributed by atoms with E-state index in [0.29, 0.717) is 32.8 Å². The molecule has 0 aliphatic carbocycles. The highest BCUT2D eigenvalue weighted by atomic mass is 16.6. The lowest BCUT2D eigenvalue weighted by Crippen LogP contribution is -2.54. The molecule has 1 heterocycles. The molecule has 1 rings (SSSR count). The molecule has 0 radical (unpaired) electrons. The molecule has 0 aromatic heterocycles. The minimum atomic E-state index is -0.724. The molecule has 21 heavy (non-hydrogen) atoms. The highest BCUT2D eigenvalue weighted by Gasteiger charge is 2.27. The van der Waals surface area contributed by atoms with Gasteiger partial charge >= 0.3 is 12.1 Å². The molecule has 120 valence electrons. The van der Waals surface area contributed by atoms with Crippen LogP contribution in [0.1, 0.15) is 19.8 Å². The zero-order valence-corrected chi connectivity index (χ0v) is 12.5. The van der Waals surface area contributed by atoms with Gasteiger partial charge in [-0.1, -0.05) is 0 Å². The highest BCUT2D eigenvalue weighted by Crippen LogP contribution is 2.07. The second-order valence-corrected chi connectivity index (χ2v) is 4.73. The van der Waals surface area contributed by atoms with Gasteiger partial charge in [-0.05, 0) is 13.3 Å². The van der Waals surface area contributed by atoms with Crippen molar-refractivity contribution >= 4 is 18.0 Å². The van der Waals surface area contributed by atoms with Crippen LogP contribution in [0, 0.1) is 0 Å². The van der Waals surface area contributed by atoms with Crippen molar-refractivity contribution in [3.63, 3.8) is 0 Å². The summed E-state index contributed by atoms with van der Waals surface area (Å²) < 4.78 is 9.42. The van der Waals surface area contributed by atoms with Crippen LogP contribution in [0.25, 0.3) is 0 Å². The van der Waals surface area contributed by atoms with Crippen LogP contribution in [-0.4, -0.2) is 73.7 Å². The third kappa shape index (κ3) is 5.22. The van der Waals surface area contributed by atoms with E-state index in [2.05, 4.69) is 4.74 Å². The summed E-state index contributed by atoms with van der Waals surface area (Å²) >= 11 is 0. The quantitative estimate of drug-likeness (QED) is 0.691. The lowest BCUT2D eigenvalue weighted by molar-refractivity contribution is -0.141. The number of ether oxygens (including phenoxy) is 2. The summed E-state index contributed by atoms with van der Waals surface area (Å²) in [7, 11) is 1.30. The van der Waals surface area contributed by atoms with Crippen molar-refractivity contribution in [1.29, 1.82) is 0 Å². The summed E-state index contributed by atoms with van der Waals surface area (Å²) in [5.74, 6) is -0.590. The standard InChI is InChI=1S/C13H23N3O5/c1-3-21-13(19)16-8-6-15(7-9-16)12(18)10(14)4-5-11(17)20-2/h10H,3-9,14H2,1-2H3. The second kappa shape index (κ2) is 8.46. The number of amides is 2. The van der Waals surface area contributed by atoms with E-state index in [-0.39, 0.29) is 30.8 Å². The molecule has 2 N–H and O–H groups in total. The molecule has 0 bridgehead atoms. The van der Waals surface area contributed by atoms with Gasteiger partial charge in [0.1, 0.15) is 0 Å². The van der Waals surface area contributed by atoms with E-state index in [1.165, 1.54) is 7.11 Å². The molecular formula is C13H23N3O5. The zero-order chi connectivity index (χ0) is 15.8. The number of hydrogen-bond acceptors (Lipinski definition) is 6. The van der Waals surface area contributed by atoms with Crippen LogP contribution in [0.3, 0.4) is 0 Å². The van der Waals surface area contributed by atoms with Crippen LogP contribution in [0.15, 0.2) is 0 Å². The fourth-order valence-electron chi connectivity index (χ4n) is 2.06. The van der Waals surface area contributed by atoms with Crippen molar-refractivity contribution < 1.29 is 23.9 Å². The van der Waals surface area contributed by atoms with Crippen molar-refractivity contribution in [2.75, 3.05) is 39.9 Å². The van der Waals surface area contributed by atoms with E-state index in [9.17, 15) is 14.4 Å². The molecule has 1 fully saturated rings. The number of methoxy groups -OCH3 is 1. The molecule has 1 atom stereocenters. The Hall–Kier alpha value is -1.83. The fourth-order valence-corrected chi connectivity index (χ4v) is 2.06. The van der Waals surface area contributed by atoms with Gasteiger partial charge in [0.2, 0.25) is 5.91 Å². The first-order valence-corrected chi connectivity index (χ1v) is 7.02. The summed E-state index contributed by atoms with van der Waals surface area (Å²) in [6.45, 7) is 3.77. The molecular weight excluding hydrogens is 278 g/mol. The van der Waals surface area contributed by atoms with Crippen molar-refractivity contribution in [2.24, 2.45) is 5.73 Å². The average molecular weight is 301 g/mol. The number of piperazine rings is 1. The Balaban J connectivity index is 2.37. The molecule has 1 saturated heterocycles. The molecule has 8 nitrogen and oxygen atoms in total. The topological polar surface area (TPSA) is 102 Å². The number of hydrogen-bond donors (Lipinski definition) is 1. The SMILES string of the molecule is CCOC(=O)N1CCN(C(=O)C(N)CCC(=O)OC)CC1. The summed E-state index contributed by atoms with van der Waals surface area (Å²) in [5.41, 5.74) is 5.79. The first kappa shape index (κ1) is 17.2. The van der Waals surface area contributed by atoms with Crippen molar-refractivity contribution in [3.8, 4) is 0 Å². The Morgan fingerprint density at radius 1 is 1.14 bits per heavy atom. The number of esters is 1. The molecule has 8 heteroatoms. The van der Waals surface area contributed by atoms with Crippen molar-refractivity contribution in [3.05, 3.63) is 0 Å². The third-order valence-electron chi connectivity index (χ3n) is 3.32. The number of carbonyl (C=O) groups is 3. The van der Waals surface area contributed by atoms with E-state index in [0.717, 1.165) is 0 Å². The summed E-state index contributed by atoms with van der Waals surface area (Å²) in [5, 5.41) is 0. The van der Waals surface area contributed by atoms with Gasteiger partial charge in [-0.15, -0.1) is 0 Å². The van der Waals surface area contributed by atoms with Gasteiger partial charge in [-0.25, -0.2) is 4.79 Å². The molecule has 0 spiro atoms. The van der Waals surface area contributed by atoms with Crippen LogP contribution in [-0.2, 0) is 19.1 Å². The summed E-state index contributed by atoms with van der Waals surface area (Å²) in [6.07, 6.45) is 0.00934. The van der Waals surface area contributed by atoms with Gasteiger partial charge in [-0.3, -0.25) is 9.59 Å². The van der Waals surface area contributed by atoms with Crippen LogP contribution in [0.2, 0.25) is 0 Å². The van der Waals surface area contributed by atoms with Gasteiger partial charge < -0.3 is 25.0 Å². The molecule has 1 aliphatic rings. The first-order valence-electron chi connectivity index (χ1n) is 7.02. The first-order chi connectivity index (χ1) is 9.99. The lowest BCUT2D eigenvalue weighted by Gasteiger charge is -2.35.